The number of nitrogens with zero attached hydrogens (tertiary/aromatic N) is 4. The Kier molecular flexibility index (Phi) is 3.60. The molecule has 0 bridgehead atoms. The van der Waals surface area contributed by atoms with Gasteiger partial charge < -0.3 is 9.30 Å². The number of fused-ring (bicyclic) bond motifs is 1. The molecule has 0 spiro atoms. The Morgan fingerprint density at radius 2 is 2.00 bits per heavy atom. The highest BCUT2D eigenvalue weighted by Crippen LogP contribution is 2.11. The molecule has 0 unspecified atom stereocenters. The van der Waals surface area contributed by atoms with Crippen molar-refractivity contribution in [3.05, 3.63) is 50.9 Å². The van der Waals surface area contributed by atoms with Crippen LogP contribution in [0.5, 0.6) is 0 Å². The fourth-order valence-electron chi connectivity index (χ4n) is 2.42. The van der Waals surface area contributed by atoms with Gasteiger partial charge in [0.1, 0.15) is 0 Å². The number of hydrogen-bond donors (Lipinski definition) is 1. The number of nitrogens with one attached hydrogen (secondary N) is 1. The van der Waals surface area contributed by atoms with Crippen LogP contribution in [0.25, 0.3) is 16.9 Å². The molecule has 0 fully saturated rings. The van der Waals surface area contributed by atoms with Crippen molar-refractivity contribution in [2.75, 3.05) is 13.7 Å². The van der Waals surface area contributed by atoms with Crippen molar-refractivity contribution in [3.63, 3.8) is 0 Å². The summed E-state index contributed by atoms with van der Waals surface area (Å²) in [7, 11) is 1.56. The molecule has 8 nitrogen and oxygen atoms in total. The molecule has 0 amide bonds. The van der Waals surface area contributed by atoms with Crippen LogP contribution in [-0.2, 0) is 11.3 Å². The van der Waals surface area contributed by atoms with Gasteiger partial charge in [-0.1, -0.05) is 0 Å². The quantitative estimate of drug-likeness (QED) is 0.744. The molecule has 0 aliphatic carbocycles. The Hall–Kier alpha value is -2.74. The van der Waals surface area contributed by atoms with E-state index in [1.165, 1.54) is 15.3 Å². The van der Waals surface area contributed by atoms with E-state index in [9.17, 15) is 9.59 Å². The Morgan fingerprint density at radius 3 is 2.68 bits per heavy atom. The smallest absolute Gasteiger partial charge is 0.283 e. The highest BCUT2D eigenvalue weighted by molar-refractivity contribution is 5.80. The molecule has 3 aromatic heterocycles. The van der Waals surface area contributed by atoms with Crippen LogP contribution in [0.2, 0.25) is 0 Å². The highest BCUT2D eigenvalue weighted by atomic mass is 16.5. The highest BCUT2D eigenvalue weighted by Gasteiger charge is 2.15. The lowest BCUT2D eigenvalue weighted by atomic mass is 10.2. The van der Waals surface area contributed by atoms with Gasteiger partial charge >= 0.3 is 0 Å². The van der Waals surface area contributed by atoms with E-state index in [1.54, 1.807) is 32.5 Å². The summed E-state index contributed by atoms with van der Waals surface area (Å²) >= 11 is 0. The number of aromatic amines is 1. The molecule has 0 aliphatic rings. The van der Waals surface area contributed by atoms with Gasteiger partial charge in [-0.3, -0.25) is 14.7 Å². The van der Waals surface area contributed by atoms with Crippen LogP contribution in [0.1, 0.15) is 5.69 Å². The molecule has 114 valence electrons. The van der Waals surface area contributed by atoms with Crippen molar-refractivity contribution in [1.82, 2.24) is 24.3 Å². The largest absolute Gasteiger partial charge is 0.383 e. The van der Waals surface area contributed by atoms with Crippen LogP contribution in [0.4, 0.5) is 0 Å². The third-order valence-corrected chi connectivity index (χ3v) is 3.49. The van der Waals surface area contributed by atoms with Crippen molar-refractivity contribution in [2.24, 2.45) is 0 Å². The topological polar surface area (TPSA) is 94.8 Å². The number of pyridine rings is 1. The van der Waals surface area contributed by atoms with E-state index in [2.05, 4.69) is 15.1 Å². The number of methoxy groups -OCH3 is 1. The summed E-state index contributed by atoms with van der Waals surface area (Å²) in [5.74, 6) is 0.235. The summed E-state index contributed by atoms with van der Waals surface area (Å²) < 4.78 is 7.76. The maximum absolute atomic E-state index is 12.6. The second kappa shape index (κ2) is 5.57. The molecule has 0 saturated heterocycles. The van der Waals surface area contributed by atoms with Crippen LogP contribution < -0.4 is 11.1 Å². The van der Waals surface area contributed by atoms with Gasteiger partial charge in [0.25, 0.3) is 17.1 Å². The number of aromatic nitrogens is 5. The Balaban J connectivity index is 2.25. The predicted octanol–water partition coefficient (Wildman–Crippen LogP) is 0.225. The molecule has 3 aromatic rings. The minimum Gasteiger partial charge on any atom is -0.383 e. The van der Waals surface area contributed by atoms with Crippen molar-refractivity contribution in [2.45, 2.75) is 13.5 Å². The standard InChI is InChI=1S/C14H15N5O3/c1-9-12-10(8-11(20)18(9)6-7-22-2)17-19(13(12)21)14-15-4-3-5-16-14/h3-5,8,17H,6-7H2,1-2H3. The van der Waals surface area contributed by atoms with Crippen LogP contribution in [0, 0.1) is 6.92 Å². The number of rotatable bonds is 4. The summed E-state index contributed by atoms with van der Waals surface area (Å²) in [6.07, 6.45) is 3.09. The Morgan fingerprint density at radius 1 is 1.27 bits per heavy atom. The molecule has 3 rings (SSSR count). The van der Waals surface area contributed by atoms with E-state index < -0.39 is 0 Å². The van der Waals surface area contributed by atoms with E-state index in [0.29, 0.717) is 29.7 Å². The Labute approximate surface area is 125 Å². The van der Waals surface area contributed by atoms with E-state index in [0.717, 1.165) is 0 Å². The molecule has 0 aromatic carbocycles. The first-order valence-corrected chi connectivity index (χ1v) is 6.75. The van der Waals surface area contributed by atoms with Crippen molar-refractivity contribution in [3.8, 4) is 5.95 Å². The molecular formula is C14H15N5O3. The zero-order chi connectivity index (χ0) is 15.7. The minimum absolute atomic E-state index is 0.190. The molecular weight excluding hydrogens is 286 g/mol. The molecule has 3 heterocycles. The first-order chi connectivity index (χ1) is 10.6. The van der Waals surface area contributed by atoms with Gasteiger partial charge in [0.2, 0.25) is 0 Å². The monoisotopic (exact) mass is 301 g/mol. The van der Waals surface area contributed by atoms with Gasteiger partial charge in [0.05, 0.1) is 17.5 Å². The van der Waals surface area contributed by atoms with Crippen molar-refractivity contribution >= 4 is 10.9 Å². The van der Waals surface area contributed by atoms with Crippen LogP contribution in [-0.4, -0.2) is 38.0 Å². The maximum Gasteiger partial charge on any atom is 0.283 e. The summed E-state index contributed by atoms with van der Waals surface area (Å²) in [6, 6.07) is 3.07. The molecule has 0 saturated carbocycles. The fraction of sp³-hybridized carbons (Fsp3) is 0.286. The van der Waals surface area contributed by atoms with E-state index in [1.807, 2.05) is 0 Å². The average molecular weight is 301 g/mol. The SMILES string of the molecule is COCCn1c(C)c2c(=O)n(-c3ncccn3)[nH]c2cc1=O. The van der Waals surface area contributed by atoms with E-state index >= 15 is 0 Å². The number of aryl methyl sites for hydroxylation is 1. The second-order valence-electron chi connectivity index (χ2n) is 4.80. The van der Waals surface area contributed by atoms with E-state index in [-0.39, 0.29) is 17.1 Å². The van der Waals surface area contributed by atoms with Crippen molar-refractivity contribution in [1.29, 1.82) is 0 Å². The lowest BCUT2D eigenvalue weighted by Gasteiger charge is -2.08. The maximum atomic E-state index is 12.6. The molecule has 0 atom stereocenters. The first-order valence-electron chi connectivity index (χ1n) is 6.75. The minimum atomic E-state index is -0.287. The predicted molar refractivity (Wildman–Crippen MR) is 80.4 cm³/mol. The summed E-state index contributed by atoms with van der Waals surface area (Å²) in [5.41, 5.74) is 0.582. The molecule has 22 heavy (non-hydrogen) atoms. The van der Waals surface area contributed by atoms with Crippen molar-refractivity contribution < 1.29 is 4.74 Å². The third kappa shape index (κ3) is 2.23. The fourth-order valence-corrected chi connectivity index (χ4v) is 2.42. The number of ether oxygens (including phenoxy) is 1. The van der Waals surface area contributed by atoms with Crippen LogP contribution >= 0.6 is 0 Å². The van der Waals surface area contributed by atoms with Gasteiger partial charge in [-0.25, -0.2) is 9.97 Å². The van der Waals surface area contributed by atoms with Gasteiger partial charge in [-0.2, -0.15) is 4.68 Å². The van der Waals surface area contributed by atoms with Gasteiger partial charge in [0.15, 0.2) is 0 Å². The van der Waals surface area contributed by atoms with Crippen LogP contribution in [0.3, 0.4) is 0 Å². The van der Waals surface area contributed by atoms with Crippen LogP contribution in [0.15, 0.2) is 34.1 Å². The number of hydrogen-bond acceptors (Lipinski definition) is 5. The number of H-pyrrole nitrogens is 1. The lowest BCUT2D eigenvalue weighted by Crippen LogP contribution is -2.25. The third-order valence-electron chi connectivity index (χ3n) is 3.49. The zero-order valence-electron chi connectivity index (χ0n) is 12.2. The summed E-state index contributed by atoms with van der Waals surface area (Å²) in [5, 5.41) is 3.33. The molecule has 1 N–H and O–H groups in total. The average Bonchev–Trinajstić information content (AvgIpc) is 2.85. The molecule has 0 radical (unpaired) electrons. The van der Waals surface area contributed by atoms with E-state index in [4.69, 9.17) is 4.74 Å². The first kappa shape index (κ1) is 14.2. The van der Waals surface area contributed by atoms with Gasteiger partial charge in [0, 0.05) is 37.8 Å². The summed E-state index contributed by atoms with van der Waals surface area (Å²) in [6.45, 7) is 2.53. The summed E-state index contributed by atoms with van der Waals surface area (Å²) in [4.78, 5) is 32.8. The van der Waals surface area contributed by atoms with Gasteiger partial charge in [-0.05, 0) is 13.0 Å². The molecule has 8 heteroatoms. The Bertz CT molecular complexity index is 923. The zero-order valence-corrected chi connectivity index (χ0v) is 12.2. The molecule has 0 aliphatic heterocycles. The normalized spacial score (nSPS) is 11.2. The van der Waals surface area contributed by atoms with Gasteiger partial charge in [-0.15, -0.1) is 0 Å². The second-order valence-corrected chi connectivity index (χ2v) is 4.80. The lowest BCUT2D eigenvalue weighted by molar-refractivity contribution is 0.185.